The van der Waals surface area contributed by atoms with Gasteiger partial charge in [0.15, 0.2) is 0 Å². The lowest BCUT2D eigenvalue weighted by molar-refractivity contribution is -0.0140. The molecule has 0 aliphatic heterocycles. The molecule has 0 heterocycles. The van der Waals surface area contributed by atoms with E-state index < -0.39 is 0 Å². The minimum Gasteiger partial charge on any atom is -0.312 e. The van der Waals surface area contributed by atoms with Crippen LogP contribution in [0.1, 0.15) is 39.0 Å². The van der Waals surface area contributed by atoms with Crippen molar-refractivity contribution in [1.82, 2.24) is 10.7 Å². The first-order chi connectivity index (χ1) is 7.76. The lowest BCUT2D eigenvalue weighted by atomic mass is 9.54. The van der Waals surface area contributed by atoms with Crippen molar-refractivity contribution in [3.8, 4) is 0 Å². The zero-order valence-electron chi connectivity index (χ0n) is 10.3. The predicted molar refractivity (Wildman–Crippen MR) is 65.6 cm³/mol. The van der Waals surface area contributed by atoms with Gasteiger partial charge in [-0.2, -0.15) is 0 Å². The molecule has 1 atom stereocenters. The average molecular weight is 223 g/mol. The highest BCUT2D eigenvalue weighted by Crippen LogP contribution is 2.53. The fourth-order valence-corrected chi connectivity index (χ4v) is 4.63. The molecule has 0 aromatic heterocycles. The Bertz CT molecular complexity index is 226. The van der Waals surface area contributed by atoms with Crippen LogP contribution in [0.15, 0.2) is 0 Å². The quantitative estimate of drug-likeness (QED) is 0.497. The molecule has 92 valence electrons. The normalized spacial score (nSPS) is 47.2. The van der Waals surface area contributed by atoms with Crippen molar-refractivity contribution in [2.45, 2.75) is 51.1 Å². The van der Waals surface area contributed by atoms with Crippen molar-refractivity contribution in [1.29, 1.82) is 0 Å². The molecule has 4 saturated carbocycles. The molecule has 3 nitrogen and oxygen atoms in total. The summed E-state index contributed by atoms with van der Waals surface area (Å²) in [5.41, 5.74) is 2.83. The van der Waals surface area contributed by atoms with Gasteiger partial charge in [0.2, 0.25) is 0 Å². The Morgan fingerprint density at radius 3 is 2.12 bits per heavy atom. The van der Waals surface area contributed by atoms with E-state index in [4.69, 9.17) is 5.84 Å². The summed E-state index contributed by atoms with van der Waals surface area (Å²) in [6.07, 6.45) is 7.52. The zero-order valence-corrected chi connectivity index (χ0v) is 10.3. The number of nitrogens with two attached hydrogens (primary N) is 1. The first kappa shape index (κ1) is 11.0. The fourth-order valence-electron chi connectivity index (χ4n) is 4.63. The third kappa shape index (κ3) is 1.89. The van der Waals surface area contributed by atoms with Gasteiger partial charge >= 0.3 is 0 Å². The van der Waals surface area contributed by atoms with E-state index in [0.29, 0.717) is 6.04 Å². The lowest BCUT2D eigenvalue weighted by Gasteiger charge is -2.54. The van der Waals surface area contributed by atoms with Crippen LogP contribution in [-0.4, -0.2) is 18.6 Å². The molecular weight excluding hydrogens is 198 g/mol. The molecule has 3 heteroatoms. The molecule has 4 bridgehead atoms. The van der Waals surface area contributed by atoms with Gasteiger partial charge in [-0.3, -0.25) is 11.3 Å². The second-order valence-corrected chi connectivity index (χ2v) is 6.43. The highest BCUT2D eigenvalue weighted by atomic mass is 15.2. The predicted octanol–water partition coefficient (Wildman–Crippen LogP) is 1.25. The molecular formula is C13H25N3. The van der Waals surface area contributed by atoms with Crippen molar-refractivity contribution in [2.24, 2.45) is 29.5 Å². The molecule has 4 aliphatic rings. The van der Waals surface area contributed by atoms with Gasteiger partial charge in [-0.25, -0.2) is 0 Å². The van der Waals surface area contributed by atoms with Crippen molar-refractivity contribution in [3.05, 3.63) is 0 Å². The second kappa shape index (κ2) is 4.28. The van der Waals surface area contributed by atoms with Crippen LogP contribution in [0.4, 0.5) is 0 Å². The number of nitrogens with one attached hydrogen (secondary N) is 2. The Kier molecular flexibility index (Phi) is 2.94. The summed E-state index contributed by atoms with van der Waals surface area (Å²) < 4.78 is 0. The van der Waals surface area contributed by atoms with Gasteiger partial charge in [0.1, 0.15) is 0 Å². The van der Waals surface area contributed by atoms with Gasteiger partial charge in [-0.05, 0) is 62.7 Å². The minimum absolute atomic E-state index is 0.386. The van der Waals surface area contributed by atoms with E-state index in [0.717, 1.165) is 36.3 Å². The summed E-state index contributed by atoms with van der Waals surface area (Å²) in [5.74, 6) is 9.54. The maximum Gasteiger partial charge on any atom is 0.0307 e. The second-order valence-electron chi connectivity index (χ2n) is 6.43. The number of rotatable bonds is 4. The number of hydrogen-bond donors (Lipinski definition) is 3. The molecule has 4 aliphatic carbocycles. The zero-order chi connectivity index (χ0) is 11.1. The van der Waals surface area contributed by atoms with Gasteiger partial charge in [0.05, 0.1) is 0 Å². The van der Waals surface area contributed by atoms with E-state index in [2.05, 4.69) is 17.7 Å². The van der Waals surface area contributed by atoms with Crippen LogP contribution in [0.5, 0.6) is 0 Å². The van der Waals surface area contributed by atoms with Crippen LogP contribution >= 0.6 is 0 Å². The Balaban J connectivity index is 1.59. The molecule has 4 fully saturated rings. The standard InChI is InChI=1S/C13H25N3/c1-8(16-14)7-15-13-11-3-9-2-10(5-11)6-12(13)4-9/h8-13,15-16H,2-7,14H2,1H3. The van der Waals surface area contributed by atoms with Gasteiger partial charge in [0.25, 0.3) is 0 Å². The van der Waals surface area contributed by atoms with Crippen molar-refractivity contribution in [2.75, 3.05) is 6.54 Å². The molecule has 0 spiro atoms. The van der Waals surface area contributed by atoms with E-state index in [1.54, 1.807) is 6.42 Å². The highest BCUT2D eigenvalue weighted by molar-refractivity contribution is 5.01. The van der Waals surface area contributed by atoms with E-state index in [-0.39, 0.29) is 0 Å². The van der Waals surface area contributed by atoms with Gasteiger partial charge in [0, 0.05) is 18.6 Å². The van der Waals surface area contributed by atoms with Crippen LogP contribution in [-0.2, 0) is 0 Å². The van der Waals surface area contributed by atoms with Crippen LogP contribution in [0.2, 0.25) is 0 Å². The lowest BCUT2D eigenvalue weighted by Crippen LogP contribution is -2.56. The van der Waals surface area contributed by atoms with Crippen LogP contribution in [0, 0.1) is 23.7 Å². The molecule has 1 unspecified atom stereocenters. The molecule has 4 N–H and O–H groups in total. The Hall–Kier alpha value is -0.120. The summed E-state index contributed by atoms with van der Waals surface area (Å²) in [7, 11) is 0. The van der Waals surface area contributed by atoms with Crippen LogP contribution in [0.3, 0.4) is 0 Å². The summed E-state index contributed by atoms with van der Waals surface area (Å²) in [6, 6.07) is 1.18. The summed E-state index contributed by atoms with van der Waals surface area (Å²) in [5, 5.41) is 3.77. The first-order valence-electron chi connectivity index (χ1n) is 6.95. The first-order valence-corrected chi connectivity index (χ1v) is 6.95. The van der Waals surface area contributed by atoms with E-state index in [1.807, 2.05) is 0 Å². The Morgan fingerprint density at radius 1 is 1.06 bits per heavy atom. The SMILES string of the molecule is CC(CNC1C2CC3CC(C2)CC1C3)NN. The van der Waals surface area contributed by atoms with E-state index in [9.17, 15) is 0 Å². The summed E-state index contributed by atoms with van der Waals surface area (Å²) in [4.78, 5) is 0. The molecule has 0 amide bonds. The largest absolute Gasteiger partial charge is 0.312 e. The molecule has 0 aromatic rings. The van der Waals surface area contributed by atoms with Gasteiger partial charge < -0.3 is 5.32 Å². The van der Waals surface area contributed by atoms with Crippen LogP contribution < -0.4 is 16.6 Å². The number of hydrazine groups is 1. The van der Waals surface area contributed by atoms with Crippen molar-refractivity contribution in [3.63, 3.8) is 0 Å². The molecule has 0 aromatic carbocycles. The highest BCUT2D eigenvalue weighted by Gasteiger charge is 2.47. The Morgan fingerprint density at radius 2 is 1.62 bits per heavy atom. The monoisotopic (exact) mass is 223 g/mol. The fraction of sp³-hybridized carbons (Fsp3) is 1.00. The third-order valence-electron chi connectivity index (χ3n) is 5.17. The topological polar surface area (TPSA) is 50.1 Å². The third-order valence-corrected chi connectivity index (χ3v) is 5.17. The maximum atomic E-state index is 5.44. The molecule has 0 saturated heterocycles. The van der Waals surface area contributed by atoms with Crippen LogP contribution in [0.25, 0.3) is 0 Å². The number of hydrogen-bond acceptors (Lipinski definition) is 3. The summed E-state index contributed by atoms with van der Waals surface area (Å²) in [6.45, 7) is 3.16. The minimum atomic E-state index is 0.386. The maximum absolute atomic E-state index is 5.44. The molecule has 16 heavy (non-hydrogen) atoms. The molecule has 4 rings (SSSR count). The molecule has 0 radical (unpaired) electrons. The van der Waals surface area contributed by atoms with Gasteiger partial charge in [-0.1, -0.05) is 0 Å². The van der Waals surface area contributed by atoms with E-state index >= 15 is 0 Å². The van der Waals surface area contributed by atoms with Crippen molar-refractivity contribution >= 4 is 0 Å². The van der Waals surface area contributed by atoms with Gasteiger partial charge in [-0.15, -0.1) is 0 Å². The smallest absolute Gasteiger partial charge is 0.0307 e. The van der Waals surface area contributed by atoms with Crippen molar-refractivity contribution < 1.29 is 0 Å². The van der Waals surface area contributed by atoms with E-state index in [1.165, 1.54) is 25.7 Å². The average Bonchev–Trinajstić information content (AvgIpc) is 2.26. The summed E-state index contributed by atoms with van der Waals surface area (Å²) >= 11 is 0. The Labute approximate surface area is 98.5 Å².